The topological polar surface area (TPSA) is 55.8 Å². The van der Waals surface area contributed by atoms with Crippen molar-refractivity contribution < 1.29 is 19.4 Å². The second kappa shape index (κ2) is 8.83. The number of ether oxygens (including phenoxy) is 2. The van der Waals surface area contributed by atoms with Crippen LogP contribution in [0.5, 0.6) is 11.5 Å². The Hall–Kier alpha value is -1.88. The molecule has 0 aliphatic carbocycles. The summed E-state index contributed by atoms with van der Waals surface area (Å²) in [7, 11) is 0. The number of benzene rings is 2. The number of carbonyl (C=O) groups is 1. The van der Waals surface area contributed by atoms with Crippen LogP contribution in [0.4, 0.5) is 0 Å². The fraction of sp³-hybridized carbons (Fsp3) is 0.118. The first-order valence-electron chi connectivity index (χ1n) is 6.87. The van der Waals surface area contributed by atoms with Gasteiger partial charge in [0.25, 0.3) is 0 Å². The Kier molecular flexibility index (Phi) is 6.79. The number of hydrogen-bond donors (Lipinski definition) is 1. The zero-order valence-electron chi connectivity index (χ0n) is 12.3. The van der Waals surface area contributed by atoms with Gasteiger partial charge >= 0.3 is 5.97 Å². The van der Waals surface area contributed by atoms with Gasteiger partial charge in [0.2, 0.25) is 0 Å². The standard InChI is InChI=1S/C17H13Cl3O4/c18-12-9-14(19)17(15(20)10-12)24-7-6-23-13-3-1-2-11(8-13)4-5-16(21)22/h1-5,8-10H,6-7H2,(H,21,22). The van der Waals surface area contributed by atoms with Crippen molar-refractivity contribution in [2.45, 2.75) is 0 Å². The van der Waals surface area contributed by atoms with Crippen LogP contribution in [0.2, 0.25) is 15.1 Å². The molecule has 0 unspecified atom stereocenters. The number of hydrogen-bond acceptors (Lipinski definition) is 3. The molecule has 0 radical (unpaired) electrons. The van der Waals surface area contributed by atoms with E-state index < -0.39 is 5.97 Å². The fourth-order valence-electron chi connectivity index (χ4n) is 1.85. The van der Waals surface area contributed by atoms with Crippen LogP contribution in [-0.4, -0.2) is 24.3 Å². The van der Waals surface area contributed by atoms with E-state index in [1.54, 1.807) is 36.4 Å². The molecule has 1 N–H and O–H groups in total. The van der Waals surface area contributed by atoms with Crippen molar-refractivity contribution in [3.05, 3.63) is 63.1 Å². The molecule has 0 aliphatic heterocycles. The summed E-state index contributed by atoms with van der Waals surface area (Å²) in [6.45, 7) is 0.498. The van der Waals surface area contributed by atoms with Gasteiger partial charge in [0.15, 0.2) is 5.75 Å². The van der Waals surface area contributed by atoms with Crippen molar-refractivity contribution in [1.29, 1.82) is 0 Å². The average Bonchev–Trinajstić information content (AvgIpc) is 2.51. The van der Waals surface area contributed by atoms with Gasteiger partial charge in [-0.25, -0.2) is 4.79 Å². The second-order valence-corrected chi connectivity index (χ2v) is 5.89. The van der Waals surface area contributed by atoms with Crippen LogP contribution in [0.1, 0.15) is 5.56 Å². The monoisotopic (exact) mass is 386 g/mol. The normalized spacial score (nSPS) is 10.8. The molecule has 0 bridgehead atoms. The van der Waals surface area contributed by atoms with Gasteiger partial charge in [-0.05, 0) is 35.9 Å². The van der Waals surface area contributed by atoms with E-state index in [9.17, 15) is 4.79 Å². The van der Waals surface area contributed by atoms with E-state index in [-0.39, 0.29) is 13.2 Å². The lowest BCUT2D eigenvalue weighted by Gasteiger charge is -2.11. The molecule has 4 nitrogen and oxygen atoms in total. The van der Waals surface area contributed by atoms with E-state index >= 15 is 0 Å². The van der Waals surface area contributed by atoms with Gasteiger partial charge in [0.1, 0.15) is 19.0 Å². The molecule has 126 valence electrons. The van der Waals surface area contributed by atoms with Crippen LogP contribution in [0.15, 0.2) is 42.5 Å². The predicted molar refractivity (Wildman–Crippen MR) is 95.6 cm³/mol. The van der Waals surface area contributed by atoms with Crippen LogP contribution < -0.4 is 9.47 Å². The summed E-state index contributed by atoms with van der Waals surface area (Å²) >= 11 is 17.9. The largest absolute Gasteiger partial charge is 0.490 e. The van der Waals surface area contributed by atoms with Crippen molar-refractivity contribution in [2.75, 3.05) is 13.2 Å². The molecule has 0 amide bonds. The maximum atomic E-state index is 10.5. The SMILES string of the molecule is O=C(O)C=Cc1cccc(OCCOc2c(Cl)cc(Cl)cc2Cl)c1. The Bertz CT molecular complexity index is 736. The maximum absolute atomic E-state index is 10.5. The number of rotatable bonds is 7. The zero-order valence-corrected chi connectivity index (χ0v) is 14.6. The fourth-order valence-corrected chi connectivity index (χ4v) is 2.77. The molecular weight excluding hydrogens is 375 g/mol. The second-order valence-electron chi connectivity index (χ2n) is 4.64. The Morgan fingerprint density at radius 2 is 1.71 bits per heavy atom. The summed E-state index contributed by atoms with van der Waals surface area (Å²) in [5.74, 6) is -0.0599. The minimum atomic E-state index is -1.01. The Labute approximate surface area is 154 Å². The molecule has 24 heavy (non-hydrogen) atoms. The number of halogens is 3. The van der Waals surface area contributed by atoms with E-state index in [0.717, 1.165) is 11.6 Å². The molecule has 2 aromatic rings. The summed E-state index contributed by atoms with van der Waals surface area (Å²) < 4.78 is 11.1. The van der Waals surface area contributed by atoms with Gasteiger partial charge in [0.05, 0.1) is 10.0 Å². The number of carboxylic acids is 1. The lowest BCUT2D eigenvalue weighted by molar-refractivity contribution is -0.131. The molecule has 0 aromatic heterocycles. The third kappa shape index (κ3) is 5.64. The summed E-state index contributed by atoms with van der Waals surface area (Å²) in [5, 5.41) is 9.71. The first kappa shape index (κ1) is 18.5. The van der Waals surface area contributed by atoms with E-state index in [1.807, 2.05) is 0 Å². The first-order chi connectivity index (χ1) is 11.5. The highest BCUT2D eigenvalue weighted by molar-refractivity contribution is 6.40. The zero-order chi connectivity index (χ0) is 17.5. The maximum Gasteiger partial charge on any atom is 0.328 e. The van der Waals surface area contributed by atoms with Crippen LogP contribution in [0, 0.1) is 0 Å². The van der Waals surface area contributed by atoms with Gasteiger partial charge < -0.3 is 14.6 Å². The Morgan fingerprint density at radius 1 is 1.04 bits per heavy atom. The first-order valence-corrected chi connectivity index (χ1v) is 8.00. The Balaban J connectivity index is 1.89. The summed E-state index contributed by atoms with van der Waals surface area (Å²) in [5.41, 5.74) is 0.722. The molecule has 0 heterocycles. The molecule has 0 spiro atoms. The predicted octanol–water partition coefficient (Wildman–Crippen LogP) is 5.20. The summed E-state index contributed by atoms with van der Waals surface area (Å²) in [6, 6.07) is 10.1. The molecule has 0 saturated heterocycles. The third-order valence-corrected chi connectivity index (χ3v) is 3.62. The van der Waals surface area contributed by atoms with Crippen molar-refractivity contribution in [3.63, 3.8) is 0 Å². The molecule has 0 saturated carbocycles. The Morgan fingerprint density at radius 3 is 2.38 bits per heavy atom. The quantitative estimate of drug-likeness (QED) is 0.524. The van der Waals surface area contributed by atoms with Crippen molar-refractivity contribution in [3.8, 4) is 11.5 Å². The highest BCUT2D eigenvalue weighted by atomic mass is 35.5. The van der Waals surface area contributed by atoms with E-state index in [0.29, 0.717) is 26.6 Å². The number of carboxylic acid groups (broad SMARTS) is 1. The van der Waals surface area contributed by atoms with Crippen LogP contribution in [0.25, 0.3) is 6.08 Å². The van der Waals surface area contributed by atoms with Crippen LogP contribution >= 0.6 is 34.8 Å². The van der Waals surface area contributed by atoms with Gasteiger partial charge in [-0.15, -0.1) is 0 Å². The molecule has 2 aromatic carbocycles. The van der Waals surface area contributed by atoms with E-state index in [1.165, 1.54) is 6.08 Å². The highest BCUT2D eigenvalue weighted by Crippen LogP contribution is 2.35. The van der Waals surface area contributed by atoms with Crippen molar-refractivity contribution >= 4 is 46.8 Å². The smallest absolute Gasteiger partial charge is 0.328 e. The lowest BCUT2D eigenvalue weighted by Crippen LogP contribution is -2.09. The van der Waals surface area contributed by atoms with Crippen molar-refractivity contribution in [2.24, 2.45) is 0 Å². The van der Waals surface area contributed by atoms with Crippen LogP contribution in [0.3, 0.4) is 0 Å². The highest BCUT2D eigenvalue weighted by Gasteiger charge is 2.09. The third-order valence-electron chi connectivity index (χ3n) is 2.84. The molecule has 7 heteroatoms. The minimum absolute atomic E-state index is 0.232. The van der Waals surface area contributed by atoms with Gasteiger partial charge in [-0.1, -0.05) is 46.9 Å². The average molecular weight is 388 g/mol. The van der Waals surface area contributed by atoms with Crippen molar-refractivity contribution in [1.82, 2.24) is 0 Å². The molecule has 0 atom stereocenters. The number of aliphatic carboxylic acids is 1. The van der Waals surface area contributed by atoms with Gasteiger partial charge in [-0.2, -0.15) is 0 Å². The van der Waals surface area contributed by atoms with Gasteiger partial charge in [0, 0.05) is 11.1 Å². The summed E-state index contributed by atoms with van der Waals surface area (Å²) in [6.07, 6.45) is 2.55. The van der Waals surface area contributed by atoms with E-state index in [2.05, 4.69) is 0 Å². The molecule has 2 rings (SSSR count). The summed E-state index contributed by atoms with van der Waals surface area (Å²) in [4.78, 5) is 10.5. The molecule has 0 fully saturated rings. The minimum Gasteiger partial charge on any atom is -0.490 e. The van der Waals surface area contributed by atoms with E-state index in [4.69, 9.17) is 49.4 Å². The van der Waals surface area contributed by atoms with Gasteiger partial charge in [-0.3, -0.25) is 0 Å². The lowest BCUT2D eigenvalue weighted by atomic mass is 10.2. The van der Waals surface area contributed by atoms with Crippen LogP contribution in [-0.2, 0) is 4.79 Å². The molecular formula is C17H13Cl3O4. The molecule has 0 aliphatic rings.